The lowest BCUT2D eigenvalue weighted by Gasteiger charge is -2.36. The topological polar surface area (TPSA) is 55.4 Å². The highest BCUT2D eigenvalue weighted by molar-refractivity contribution is 5.89. The van der Waals surface area contributed by atoms with Gasteiger partial charge in [0.1, 0.15) is 0 Å². The molecule has 0 bridgehead atoms. The molecule has 2 rings (SSSR count). The van der Waals surface area contributed by atoms with E-state index in [-0.39, 0.29) is 12.5 Å². The minimum atomic E-state index is -5.12. The van der Waals surface area contributed by atoms with E-state index in [1.54, 1.807) is 0 Å². The van der Waals surface area contributed by atoms with Crippen molar-refractivity contribution in [2.24, 2.45) is 17.8 Å². The Morgan fingerprint density at radius 3 is 2.29 bits per heavy atom. The standard InChI is InChI=1S/C14H20F3NO3/c15-14(16,17)13(20)21-12(19)11-6-10(7-18-8-11)9-4-2-1-3-5-9/h9-11,18H,1-8H2. The molecule has 1 aliphatic heterocycles. The Balaban J connectivity index is 1.88. The summed E-state index contributed by atoms with van der Waals surface area (Å²) in [5.74, 6) is -3.37. The molecule has 1 N–H and O–H groups in total. The van der Waals surface area contributed by atoms with Gasteiger partial charge in [0.15, 0.2) is 0 Å². The van der Waals surface area contributed by atoms with Crippen LogP contribution in [0.25, 0.3) is 0 Å². The summed E-state index contributed by atoms with van der Waals surface area (Å²) in [4.78, 5) is 22.4. The predicted octanol–water partition coefficient (Wildman–Crippen LogP) is 2.42. The maximum Gasteiger partial charge on any atom is 0.491 e. The summed E-state index contributed by atoms with van der Waals surface area (Å²) in [7, 11) is 0. The Bertz CT molecular complexity index is 391. The summed E-state index contributed by atoms with van der Waals surface area (Å²) < 4.78 is 40.3. The molecule has 120 valence electrons. The van der Waals surface area contributed by atoms with E-state index in [2.05, 4.69) is 10.1 Å². The van der Waals surface area contributed by atoms with Crippen molar-refractivity contribution < 1.29 is 27.5 Å². The number of hydrogen-bond acceptors (Lipinski definition) is 4. The van der Waals surface area contributed by atoms with Gasteiger partial charge in [0.05, 0.1) is 5.92 Å². The molecule has 1 aliphatic carbocycles. The van der Waals surface area contributed by atoms with Gasteiger partial charge in [-0.05, 0) is 24.8 Å². The molecular weight excluding hydrogens is 287 g/mol. The lowest BCUT2D eigenvalue weighted by Crippen LogP contribution is -2.44. The first-order valence-electron chi connectivity index (χ1n) is 7.41. The summed E-state index contributed by atoms with van der Waals surface area (Å²) in [6.45, 7) is 1.05. The molecule has 0 radical (unpaired) electrons. The molecule has 21 heavy (non-hydrogen) atoms. The second kappa shape index (κ2) is 6.77. The maximum absolute atomic E-state index is 12.1. The lowest BCUT2D eigenvalue weighted by molar-refractivity contribution is -0.203. The first kappa shape index (κ1) is 16.3. The van der Waals surface area contributed by atoms with Crippen LogP contribution >= 0.6 is 0 Å². The third-order valence-electron chi connectivity index (χ3n) is 4.46. The summed E-state index contributed by atoms with van der Waals surface area (Å²) in [6.07, 6.45) is 1.15. The number of hydrogen-bond donors (Lipinski definition) is 1. The smallest absolute Gasteiger partial charge is 0.386 e. The molecule has 7 heteroatoms. The van der Waals surface area contributed by atoms with E-state index >= 15 is 0 Å². The monoisotopic (exact) mass is 307 g/mol. The lowest BCUT2D eigenvalue weighted by atomic mass is 9.75. The fraction of sp³-hybridized carbons (Fsp3) is 0.857. The third-order valence-corrected chi connectivity index (χ3v) is 4.46. The highest BCUT2D eigenvalue weighted by atomic mass is 19.4. The van der Waals surface area contributed by atoms with Gasteiger partial charge in [-0.1, -0.05) is 32.1 Å². The van der Waals surface area contributed by atoms with E-state index in [4.69, 9.17) is 0 Å². The molecule has 0 amide bonds. The van der Waals surface area contributed by atoms with E-state index in [1.165, 1.54) is 19.3 Å². The first-order chi connectivity index (χ1) is 9.88. The van der Waals surface area contributed by atoms with Gasteiger partial charge < -0.3 is 10.1 Å². The van der Waals surface area contributed by atoms with Gasteiger partial charge in [-0.25, -0.2) is 4.79 Å². The number of rotatable bonds is 2. The highest BCUT2D eigenvalue weighted by Crippen LogP contribution is 2.35. The van der Waals surface area contributed by atoms with E-state index in [9.17, 15) is 22.8 Å². The van der Waals surface area contributed by atoms with Crippen LogP contribution < -0.4 is 5.32 Å². The molecule has 4 nitrogen and oxygen atoms in total. The second-order valence-electron chi connectivity index (χ2n) is 5.96. The number of carbonyl (C=O) groups excluding carboxylic acids is 2. The molecule has 0 aromatic rings. The first-order valence-corrected chi connectivity index (χ1v) is 7.41. The van der Waals surface area contributed by atoms with Gasteiger partial charge in [-0.3, -0.25) is 4.79 Å². The summed E-state index contributed by atoms with van der Waals surface area (Å²) in [5.41, 5.74) is 0. The number of ether oxygens (including phenoxy) is 1. The number of nitrogens with one attached hydrogen (secondary N) is 1. The molecule has 2 fully saturated rings. The van der Waals surface area contributed by atoms with Crippen LogP contribution in [0.4, 0.5) is 13.2 Å². The van der Waals surface area contributed by atoms with Gasteiger partial charge in [0.25, 0.3) is 0 Å². The van der Waals surface area contributed by atoms with Crippen molar-refractivity contribution in [3.63, 3.8) is 0 Å². The minimum Gasteiger partial charge on any atom is -0.386 e. The normalized spacial score (nSPS) is 28.1. The van der Waals surface area contributed by atoms with Crippen LogP contribution in [0, 0.1) is 17.8 Å². The largest absolute Gasteiger partial charge is 0.491 e. The Labute approximate surface area is 121 Å². The van der Waals surface area contributed by atoms with Crippen LogP contribution in [0.15, 0.2) is 0 Å². The van der Waals surface area contributed by atoms with Gasteiger partial charge >= 0.3 is 18.1 Å². The number of alkyl halides is 3. The van der Waals surface area contributed by atoms with E-state index in [0.29, 0.717) is 12.3 Å². The second-order valence-corrected chi connectivity index (χ2v) is 5.96. The quantitative estimate of drug-likeness (QED) is 0.629. The zero-order valence-corrected chi connectivity index (χ0v) is 11.7. The predicted molar refractivity (Wildman–Crippen MR) is 68.2 cm³/mol. The number of esters is 2. The van der Waals surface area contributed by atoms with Crippen molar-refractivity contribution in [2.75, 3.05) is 13.1 Å². The molecular formula is C14H20F3NO3. The molecule has 0 aromatic carbocycles. The minimum absolute atomic E-state index is 0.271. The van der Waals surface area contributed by atoms with Crippen LogP contribution in [0.1, 0.15) is 38.5 Å². The van der Waals surface area contributed by atoms with Crippen LogP contribution in [0.5, 0.6) is 0 Å². The van der Waals surface area contributed by atoms with Crippen molar-refractivity contribution in [3.8, 4) is 0 Å². The number of halogens is 3. The number of piperidine rings is 1. The molecule has 2 unspecified atom stereocenters. The molecule has 1 saturated carbocycles. The Morgan fingerprint density at radius 1 is 1.00 bits per heavy atom. The van der Waals surface area contributed by atoms with Crippen molar-refractivity contribution in [1.82, 2.24) is 5.32 Å². The van der Waals surface area contributed by atoms with Gasteiger partial charge in [-0.15, -0.1) is 0 Å². The van der Waals surface area contributed by atoms with E-state index < -0.39 is 24.0 Å². The molecule has 0 spiro atoms. The van der Waals surface area contributed by atoms with Crippen LogP contribution in [0.3, 0.4) is 0 Å². The van der Waals surface area contributed by atoms with E-state index in [1.807, 2.05) is 0 Å². The summed E-state index contributed by atoms with van der Waals surface area (Å²) in [5, 5.41) is 3.08. The molecule has 2 atom stereocenters. The zero-order valence-electron chi connectivity index (χ0n) is 11.7. The van der Waals surface area contributed by atoms with Crippen molar-refractivity contribution >= 4 is 11.9 Å². The van der Waals surface area contributed by atoms with Gasteiger partial charge in [0, 0.05) is 6.54 Å². The van der Waals surface area contributed by atoms with Crippen molar-refractivity contribution in [3.05, 3.63) is 0 Å². The zero-order chi connectivity index (χ0) is 15.5. The Morgan fingerprint density at radius 2 is 1.67 bits per heavy atom. The average Bonchev–Trinajstić information content (AvgIpc) is 2.47. The Kier molecular flexibility index (Phi) is 5.24. The molecule has 1 saturated heterocycles. The molecule has 2 aliphatic rings. The third kappa shape index (κ3) is 4.43. The average molecular weight is 307 g/mol. The van der Waals surface area contributed by atoms with Crippen LogP contribution in [-0.2, 0) is 14.3 Å². The maximum atomic E-state index is 12.1. The summed E-state index contributed by atoms with van der Waals surface area (Å²) in [6, 6.07) is 0. The van der Waals surface area contributed by atoms with Crippen molar-refractivity contribution in [1.29, 1.82) is 0 Å². The molecule has 0 aromatic heterocycles. The fourth-order valence-corrected chi connectivity index (χ4v) is 3.35. The van der Waals surface area contributed by atoms with E-state index in [0.717, 1.165) is 19.4 Å². The fourth-order valence-electron chi connectivity index (χ4n) is 3.35. The SMILES string of the molecule is O=C(OC(=O)C(F)(F)F)C1CNCC(C2CCCCC2)C1. The highest BCUT2D eigenvalue weighted by Gasteiger charge is 2.44. The van der Waals surface area contributed by atoms with Crippen LogP contribution in [-0.4, -0.2) is 31.2 Å². The van der Waals surface area contributed by atoms with Gasteiger partial charge in [-0.2, -0.15) is 13.2 Å². The number of carbonyl (C=O) groups is 2. The molecule has 1 heterocycles. The Hall–Kier alpha value is -1.11. The van der Waals surface area contributed by atoms with Gasteiger partial charge in [0.2, 0.25) is 0 Å². The summed E-state index contributed by atoms with van der Waals surface area (Å²) >= 11 is 0. The van der Waals surface area contributed by atoms with Crippen LogP contribution in [0.2, 0.25) is 0 Å². The van der Waals surface area contributed by atoms with Crippen molar-refractivity contribution in [2.45, 2.75) is 44.7 Å².